The molecule has 0 saturated carbocycles. The summed E-state index contributed by atoms with van der Waals surface area (Å²) in [7, 11) is 0. The SMILES string of the molecule is Cc1cccc(C(=O)N2CC(=O)NC(=O)C2)c1C. The van der Waals surface area contributed by atoms with E-state index in [1.54, 1.807) is 12.1 Å². The van der Waals surface area contributed by atoms with Crippen molar-refractivity contribution in [2.45, 2.75) is 13.8 Å². The van der Waals surface area contributed by atoms with E-state index in [0.29, 0.717) is 5.56 Å². The third-order valence-electron chi connectivity index (χ3n) is 3.07. The highest BCUT2D eigenvalue weighted by molar-refractivity contribution is 6.06. The Bertz CT molecular complexity index is 521. The normalized spacial score (nSPS) is 15.6. The Morgan fingerprint density at radius 3 is 2.39 bits per heavy atom. The van der Waals surface area contributed by atoms with Crippen LogP contribution in [0.3, 0.4) is 0 Å². The third-order valence-corrected chi connectivity index (χ3v) is 3.07. The number of hydrogen-bond donors (Lipinski definition) is 1. The Kier molecular flexibility index (Phi) is 3.14. The smallest absolute Gasteiger partial charge is 0.255 e. The van der Waals surface area contributed by atoms with Gasteiger partial charge in [-0.25, -0.2) is 0 Å². The Morgan fingerprint density at radius 2 is 1.78 bits per heavy atom. The molecule has 5 nitrogen and oxygen atoms in total. The summed E-state index contributed by atoms with van der Waals surface area (Å²) in [4.78, 5) is 36.0. The predicted molar refractivity (Wildman–Crippen MR) is 65.0 cm³/mol. The molecule has 2 rings (SSSR count). The largest absolute Gasteiger partial charge is 0.320 e. The van der Waals surface area contributed by atoms with Gasteiger partial charge in [0.1, 0.15) is 13.1 Å². The minimum absolute atomic E-state index is 0.0715. The molecule has 0 bridgehead atoms. The first-order chi connectivity index (χ1) is 8.49. The van der Waals surface area contributed by atoms with Crippen molar-refractivity contribution >= 4 is 17.7 Å². The number of carbonyl (C=O) groups is 3. The van der Waals surface area contributed by atoms with Gasteiger partial charge in [0.25, 0.3) is 5.91 Å². The van der Waals surface area contributed by atoms with Crippen molar-refractivity contribution in [3.05, 3.63) is 34.9 Å². The molecule has 0 unspecified atom stereocenters. The third kappa shape index (κ3) is 2.25. The van der Waals surface area contributed by atoms with Crippen LogP contribution in [-0.2, 0) is 9.59 Å². The minimum Gasteiger partial charge on any atom is -0.320 e. The van der Waals surface area contributed by atoms with E-state index in [9.17, 15) is 14.4 Å². The predicted octanol–water partition coefficient (Wildman–Crippen LogP) is 0.402. The van der Waals surface area contributed by atoms with E-state index in [2.05, 4.69) is 5.32 Å². The molecular weight excluding hydrogens is 232 g/mol. The number of amides is 3. The van der Waals surface area contributed by atoms with E-state index in [0.717, 1.165) is 11.1 Å². The Labute approximate surface area is 105 Å². The maximum atomic E-state index is 12.3. The summed E-state index contributed by atoms with van der Waals surface area (Å²) in [6.07, 6.45) is 0. The molecule has 1 saturated heterocycles. The average molecular weight is 246 g/mol. The number of rotatable bonds is 1. The molecule has 18 heavy (non-hydrogen) atoms. The second-order valence-electron chi connectivity index (χ2n) is 4.38. The lowest BCUT2D eigenvalue weighted by molar-refractivity contribution is -0.135. The fourth-order valence-corrected chi connectivity index (χ4v) is 1.93. The quantitative estimate of drug-likeness (QED) is 0.729. The van der Waals surface area contributed by atoms with Gasteiger partial charge >= 0.3 is 0 Å². The molecule has 1 fully saturated rings. The fourth-order valence-electron chi connectivity index (χ4n) is 1.93. The number of benzene rings is 1. The van der Waals surface area contributed by atoms with Gasteiger partial charge in [-0.2, -0.15) is 0 Å². The molecule has 1 aliphatic rings. The lowest BCUT2D eigenvalue weighted by atomic mass is 10.0. The summed E-state index contributed by atoms with van der Waals surface area (Å²) in [6.45, 7) is 3.63. The first-order valence-electron chi connectivity index (χ1n) is 5.67. The molecule has 0 aromatic heterocycles. The highest BCUT2D eigenvalue weighted by Gasteiger charge is 2.27. The van der Waals surface area contributed by atoms with E-state index in [-0.39, 0.29) is 19.0 Å². The maximum absolute atomic E-state index is 12.3. The van der Waals surface area contributed by atoms with Crippen LogP contribution in [0, 0.1) is 13.8 Å². The Balaban J connectivity index is 2.28. The van der Waals surface area contributed by atoms with Gasteiger partial charge in [-0.3, -0.25) is 19.7 Å². The summed E-state index contributed by atoms with van der Waals surface area (Å²) in [5.74, 6) is -1.16. The highest BCUT2D eigenvalue weighted by atomic mass is 16.2. The van der Waals surface area contributed by atoms with Gasteiger partial charge in [0.05, 0.1) is 0 Å². The molecule has 0 radical (unpaired) electrons. The van der Waals surface area contributed by atoms with Crippen LogP contribution in [0.1, 0.15) is 21.5 Å². The molecule has 0 aliphatic carbocycles. The van der Waals surface area contributed by atoms with E-state index in [1.807, 2.05) is 19.9 Å². The Hall–Kier alpha value is -2.17. The molecule has 0 atom stereocenters. The lowest BCUT2D eigenvalue weighted by Gasteiger charge is -2.26. The van der Waals surface area contributed by atoms with Crippen LogP contribution in [0.4, 0.5) is 0 Å². The van der Waals surface area contributed by atoms with Gasteiger partial charge in [-0.1, -0.05) is 12.1 Å². The lowest BCUT2D eigenvalue weighted by Crippen LogP contribution is -2.53. The number of hydrogen-bond acceptors (Lipinski definition) is 3. The molecule has 94 valence electrons. The zero-order chi connectivity index (χ0) is 13.3. The summed E-state index contributed by atoms with van der Waals surface area (Å²) >= 11 is 0. The van der Waals surface area contributed by atoms with Crippen molar-refractivity contribution in [3.8, 4) is 0 Å². The van der Waals surface area contributed by atoms with Gasteiger partial charge in [-0.15, -0.1) is 0 Å². The number of nitrogens with zero attached hydrogens (tertiary/aromatic N) is 1. The van der Waals surface area contributed by atoms with Crippen LogP contribution < -0.4 is 5.32 Å². The zero-order valence-electron chi connectivity index (χ0n) is 10.3. The summed E-state index contributed by atoms with van der Waals surface area (Å²) < 4.78 is 0. The monoisotopic (exact) mass is 246 g/mol. The van der Waals surface area contributed by atoms with Gasteiger partial charge in [0.2, 0.25) is 11.8 Å². The number of nitrogens with one attached hydrogen (secondary N) is 1. The minimum atomic E-state index is -0.440. The molecule has 1 heterocycles. The van der Waals surface area contributed by atoms with Crippen molar-refractivity contribution in [2.24, 2.45) is 0 Å². The van der Waals surface area contributed by atoms with Crippen molar-refractivity contribution in [1.82, 2.24) is 10.2 Å². The van der Waals surface area contributed by atoms with Crippen molar-refractivity contribution < 1.29 is 14.4 Å². The van der Waals surface area contributed by atoms with Gasteiger partial charge < -0.3 is 4.90 Å². The van der Waals surface area contributed by atoms with Crippen LogP contribution in [0.15, 0.2) is 18.2 Å². The van der Waals surface area contributed by atoms with Crippen LogP contribution in [0.5, 0.6) is 0 Å². The molecule has 1 aromatic rings. The van der Waals surface area contributed by atoms with Gasteiger partial charge in [-0.05, 0) is 31.0 Å². The van der Waals surface area contributed by atoms with Crippen molar-refractivity contribution in [2.75, 3.05) is 13.1 Å². The first-order valence-corrected chi connectivity index (χ1v) is 5.67. The average Bonchev–Trinajstić information content (AvgIpc) is 2.30. The van der Waals surface area contributed by atoms with E-state index in [1.165, 1.54) is 4.90 Å². The van der Waals surface area contributed by atoms with E-state index >= 15 is 0 Å². The van der Waals surface area contributed by atoms with Gasteiger partial charge in [0.15, 0.2) is 0 Å². The molecule has 5 heteroatoms. The molecule has 1 aromatic carbocycles. The highest BCUT2D eigenvalue weighted by Crippen LogP contribution is 2.15. The van der Waals surface area contributed by atoms with E-state index < -0.39 is 11.8 Å². The maximum Gasteiger partial charge on any atom is 0.255 e. The molecule has 1 N–H and O–H groups in total. The topological polar surface area (TPSA) is 66.5 Å². The van der Waals surface area contributed by atoms with Crippen LogP contribution >= 0.6 is 0 Å². The second-order valence-corrected chi connectivity index (χ2v) is 4.38. The van der Waals surface area contributed by atoms with Gasteiger partial charge in [0, 0.05) is 5.56 Å². The molecule has 0 spiro atoms. The van der Waals surface area contributed by atoms with Crippen LogP contribution in [-0.4, -0.2) is 35.7 Å². The first kappa shape index (κ1) is 12.3. The summed E-state index contributed by atoms with van der Waals surface area (Å²) in [5.41, 5.74) is 2.42. The summed E-state index contributed by atoms with van der Waals surface area (Å²) in [6, 6.07) is 5.42. The number of carbonyl (C=O) groups excluding carboxylic acids is 3. The number of aryl methyl sites for hydroxylation is 1. The standard InChI is InChI=1S/C13H14N2O3/c1-8-4-3-5-10(9(8)2)13(18)15-6-11(16)14-12(17)7-15/h3-5H,6-7H2,1-2H3,(H,14,16,17). The van der Waals surface area contributed by atoms with E-state index in [4.69, 9.17) is 0 Å². The van der Waals surface area contributed by atoms with Crippen LogP contribution in [0.2, 0.25) is 0 Å². The Morgan fingerprint density at radius 1 is 1.17 bits per heavy atom. The number of imide groups is 1. The zero-order valence-corrected chi connectivity index (χ0v) is 10.3. The van der Waals surface area contributed by atoms with Crippen molar-refractivity contribution in [3.63, 3.8) is 0 Å². The fraction of sp³-hybridized carbons (Fsp3) is 0.308. The molecule has 1 aliphatic heterocycles. The second kappa shape index (κ2) is 4.60. The number of piperazine rings is 1. The van der Waals surface area contributed by atoms with Crippen molar-refractivity contribution in [1.29, 1.82) is 0 Å². The molecular formula is C13H14N2O3. The van der Waals surface area contributed by atoms with Crippen LogP contribution in [0.25, 0.3) is 0 Å². The summed E-state index contributed by atoms with van der Waals surface area (Å²) in [5, 5.41) is 2.17. The molecule has 3 amide bonds.